The van der Waals surface area contributed by atoms with E-state index in [1.165, 1.54) is 0 Å². The van der Waals surface area contributed by atoms with Crippen LogP contribution in [0.3, 0.4) is 0 Å². The molecular formula is C12H10Si. The van der Waals surface area contributed by atoms with Gasteiger partial charge in [0.2, 0.25) is 0 Å². The molecule has 0 fully saturated rings. The van der Waals surface area contributed by atoms with E-state index in [1.807, 2.05) is 0 Å². The van der Waals surface area contributed by atoms with Crippen LogP contribution >= 0.6 is 0 Å². The molecule has 0 nitrogen and oxygen atoms in total. The van der Waals surface area contributed by atoms with E-state index in [9.17, 15) is 0 Å². The molecule has 1 heterocycles. The second-order valence-electron chi connectivity index (χ2n) is 3.55. The first-order valence-electron chi connectivity index (χ1n) is 4.65. The van der Waals surface area contributed by atoms with Gasteiger partial charge in [-0.25, -0.2) is 0 Å². The van der Waals surface area contributed by atoms with Crippen molar-refractivity contribution in [2.75, 3.05) is 0 Å². The van der Waals surface area contributed by atoms with Gasteiger partial charge in [-0.1, -0.05) is 53.8 Å². The zero-order valence-corrected chi connectivity index (χ0v) is 8.27. The lowest BCUT2D eigenvalue weighted by atomic mass is 9.93. The molecule has 0 amide bonds. The highest BCUT2D eigenvalue weighted by Crippen LogP contribution is 2.37. The maximum absolute atomic E-state index is 2.35. The van der Waals surface area contributed by atoms with Gasteiger partial charge in [-0.2, -0.15) is 0 Å². The second kappa shape index (κ2) is 2.71. The van der Waals surface area contributed by atoms with Gasteiger partial charge in [-0.15, -0.1) is 0 Å². The van der Waals surface area contributed by atoms with Crippen LogP contribution < -0.4 is 5.19 Å². The zero-order chi connectivity index (χ0) is 8.67. The first-order valence-corrected chi connectivity index (χ1v) is 5.73. The first kappa shape index (κ1) is 7.33. The molecule has 2 radical (unpaired) electrons. The highest BCUT2D eigenvalue weighted by atomic mass is 28.2. The van der Waals surface area contributed by atoms with Crippen molar-refractivity contribution in [3.05, 3.63) is 54.1 Å². The summed E-state index contributed by atoms with van der Waals surface area (Å²) in [5.41, 5.74) is 2.30. The Morgan fingerprint density at radius 1 is 1.00 bits per heavy atom. The Balaban J connectivity index is 2.12. The maximum atomic E-state index is 2.35. The van der Waals surface area contributed by atoms with Crippen LogP contribution in [0.4, 0.5) is 0 Å². The fourth-order valence-electron chi connectivity index (χ4n) is 2.14. The van der Waals surface area contributed by atoms with Gasteiger partial charge in [-0.05, 0) is 11.1 Å². The van der Waals surface area contributed by atoms with Gasteiger partial charge in [0.15, 0.2) is 0 Å². The smallest absolute Gasteiger partial charge is 0.0833 e. The predicted octanol–water partition coefficient (Wildman–Crippen LogP) is 2.03. The number of hydrogen-bond donors (Lipinski definition) is 0. The van der Waals surface area contributed by atoms with Crippen molar-refractivity contribution < 1.29 is 0 Å². The minimum Gasteiger partial charge on any atom is -0.0833 e. The quantitative estimate of drug-likeness (QED) is 0.539. The summed E-state index contributed by atoms with van der Waals surface area (Å²) in [4.78, 5) is 0. The van der Waals surface area contributed by atoms with Gasteiger partial charge in [0.1, 0.15) is 0 Å². The van der Waals surface area contributed by atoms with E-state index in [-0.39, 0.29) is 0 Å². The molecule has 0 N–H and O–H groups in total. The fourth-order valence-corrected chi connectivity index (χ4v) is 3.79. The summed E-state index contributed by atoms with van der Waals surface area (Å²) in [5, 5.41) is 1.56. The third-order valence-corrected chi connectivity index (χ3v) is 4.43. The summed E-state index contributed by atoms with van der Waals surface area (Å²) in [5.74, 6) is 0.666. The van der Waals surface area contributed by atoms with Crippen LogP contribution in [0.25, 0.3) is 0 Å². The van der Waals surface area contributed by atoms with Crippen LogP contribution in [0.2, 0.25) is 5.54 Å². The summed E-state index contributed by atoms with van der Waals surface area (Å²) in [6.07, 6.45) is 9.04. The number of fused-ring (bicyclic) bond motifs is 3. The van der Waals surface area contributed by atoms with E-state index in [1.54, 1.807) is 10.8 Å². The normalized spacial score (nSPS) is 28.6. The molecule has 0 spiro atoms. The Labute approximate surface area is 80.8 Å². The van der Waals surface area contributed by atoms with Crippen molar-refractivity contribution in [1.82, 2.24) is 0 Å². The van der Waals surface area contributed by atoms with Crippen molar-refractivity contribution in [1.29, 1.82) is 0 Å². The molecule has 1 aliphatic carbocycles. The molecule has 2 aliphatic rings. The van der Waals surface area contributed by atoms with Gasteiger partial charge in [0.25, 0.3) is 0 Å². The van der Waals surface area contributed by atoms with Crippen LogP contribution in [0.15, 0.2) is 48.6 Å². The highest BCUT2D eigenvalue weighted by Gasteiger charge is 2.29. The van der Waals surface area contributed by atoms with Crippen LogP contribution in [-0.2, 0) is 0 Å². The largest absolute Gasteiger partial charge is 0.0898 e. The Hall–Kier alpha value is -1.08. The molecule has 1 aromatic rings. The lowest BCUT2D eigenvalue weighted by Gasteiger charge is -2.15. The SMILES string of the molecule is C1=CC2[Si]c3ccccc3C2C=C1. The molecule has 3 rings (SSSR count). The Bertz CT molecular complexity index is 390. The molecule has 0 saturated heterocycles. The number of allylic oxidation sites excluding steroid dienone is 4. The molecule has 0 bridgehead atoms. The van der Waals surface area contributed by atoms with E-state index in [2.05, 4.69) is 48.6 Å². The van der Waals surface area contributed by atoms with Crippen molar-refractivity contribution >= 4 is 14.7 Å². The monoisotopic (exact) mass is 182 g/mol. The van der Waals surface area contributed by atoms with Crippen LogP contribution in [0.5, 0.6) is 0 Å². The van der Waals surface area contributed by atoms with E-state index in [0.29, 0.717) is 5.92 Å². The number of rotatable bonds is 0. The lowest BCUT2D eigenvalue weighted by Crippen LogP contribution is -2.11. The Morgan fingerprint density at radius 2 is 1.85 bits per heavy atom. The summed E-state index contributed by atoms with van der Waals surface area (Å²) in [6.45, 7) is 0. The van der Waals surface area contributed by atoms with E-state index in [4.69, 9.17) is 0 Å². The van der Waals surface area contributed by atoms with Crippen LogP contribution in [0.1, 0.15) is 11.5 Å². The van der Waals surface area contributed by atoms with Gasteiger partial charge in [0.05, 0.1) is 9.52 Å². The standard InChI is InChI=1S/C12H10Si/c1-3-7-11-9(5-1)10-6-2-4-8-12(10)13-11/h1-9,11H. The maximum Gasteiger partial charge on any atom is 0.0898 e. The molecule has 0 saturated carbocycles. The Kier molecular flexibility index (Phi) is 1.53. The highest BCUT2D eigenvalue weighted by molar-refractivity contribution is 6.58. The zero-order valence-electron chi connectivity index (χ0n) is 7.27. The predicted molar refractivity (Wildman–Crippen MR) is 56.6 cm³/mol. The summed E-state index contributed by atoms with van der Waals surface area (Å²) in [7, 11) is 0.971. The molecular weight excluding hydrogens is 172 g/mol. The minimum atomic E-state index is 0.666. The lowest BCUT2D eigenvalue weighted by molar-refractivity contribution is 0.872. The molecule has 2 atom stereocenters. The second-order valence-corrected chi connectivity index (χ2v) is 5.05. The topological polar surface area (TPSA) is 0 Å². The Morgan fingerprint density at radius 3 is 2.85 bits per heavy atom. The molecule has 1 heteroatoms. The average molecular weight is 182 g/mol. The van der Waals surface area contributed by atoms with Crippen LogP contribution in [0, 0.1) is 0 Å². The molecule has 1 aromatic carbocycles. The summed E-state index contributed by atoms with van der Waals surface area (Å²) >= 11 is 0. The molecule has 62 valence electrons. The van der Waals surface area contributed by atoms with E-state index < -0.39 is 0 Å². The summed E-state index contributed by atoms with van der Waals surface area (Å²) in [6, 6.07) is 8.85. The van der Waals surface area contributed by atoms with E-state index in [0.717, 1.165) is 15.1 Å². The molecule has 1 aliphatic heterocycles. The first-order chi connectivity index (χ1) is 6.45. The van der Waals surface area contributed by atoms with E-state index >= 15 is 0 Å². The van der Waals surface area contributed by atoms with Gasteiger partial charge in [0, 0.05) is 5.92 Å². The molecule has 0 aromatic heterocycles. The van der Waals surface area contributed by atoms with Crippen molar-refractivity contribution in [2.24, 2.45) is 0 Å². The number of hydrogen-bond acceptors (Lipinski definition) is 0. The minimum absolute atomic E-state index is 0.666. The third kappa shape index (κ3) is 1.04. The third-order valence-electron chi connectivity index (χ3n) is 2.78. The van der Waals surface area contributed by atoms with Crippen molar-refractivity contribution in [2.45, 2.75) is 11.5 Å². The average Bonchev–Trinajstić information content (AvgIpc) is 2.56. The van der Waals surface area contributed by atoms with Crippen molar-refractivity contribution in [3.8, 4) is 0 Å². The molecule has 13 heavy (non-hydrogen) atoms. The van der Waals surface area contributed by atoms with Crippen LogP contribution in [-0.4, -0.2) is 9.52 Å². The fraction of sp³-hybridized carbons (Fsp3) is 0.167. The van der Waals surface area contributed by atoms with Gasteiger partial charge >= 0.3 is 0 Å². The molecule has 2 unspecified atom stereocenters. The van der Waals surface area contributed by atoms with Gasteiger partial charge < -0.3 is 0 Å². The van der Waals surface area contributed by atoms with Crippen molar-refractivity contribution in [3.63, 3.8) is 0 Å². The summed E-state index contributed by atoms with van der Waals surface area (Å²) < 4.78 is 0. The van der Waals surface area contributed by atoms with Gasteiger partial charge in [-0.3, -0.25) is 0 Å². The number of benzene rings is 1.